The van der Waals surface area contributed by atoms with Crippen molar-refractivity contribution >= 4 is 22.9 Å². The van der Waals surface area contributed by atoms with Crippen LogP contribution >= 0.6 is 0 Å². The first-order valence-corrected chi connectivity index (χ1v) is 6.70. The number of hydrogen-bond acceptors (Lipinski definition) is 5. The second-order valence-electron chi connectivity index (χ2n) is 4.63. The zero-order valence-electron chi connectivity index (χ0n) is 12.3. The zero-order valence-corrected chi connectivity index (χ0v) is 12.3. The number of aromatic nitrogens is 2. The molecule has 1 aromatic heterocycles. The van der Waals surface area contributed by atoms with E-state index in [0.29, 0.717) is 17.6 Å². The van der Waals surface area contributed by atoms with E-state index in [2.05, 4.69) is 15.3 Å². The number of nitrogens with zero attached hydrogens (tertiary/aromatic N) is 2. The van der Waals surface area contributed by atoms with Crippen LogP contribution in [-0.4, -0.2) is 35.0 Å². The third-order valence-corrected chi connectivity index (χ3v) is 3.02. The number of aryl methyl sites for hydroxylation is 2. The van der Waals surface area contributed by atoms with Crippen molar-refractivity contribution < 1.29 is 14.3 Å². The normalized spacial score (nSPS) is 10.4. The maximum Gasteiger partial charge on any atom is 0.338 e. The second kappa shape index (κ2) is 6.30. The van der Waals surface area contributed by atoms with Gasteiger partial charge in [-0.15, -0.1) is 0 Å². The van der Waals surface area contributed by atoms with Crippen molar-refractivity contribution in [2.45, 2.75) is 20.8 Å². The van der Waals surface area contributed by atoms with Gasteiger partial charge in [-0.1, -0.05) is 0 Å². The quantitative estimate of drug-likeness (QED) is 0.863. The summed E-state index contributed by atoms with van der Waals surface area (Å²) in [7, 11) is 0. The van der Waals surface area contributed by atoms with Crippen molar-refractivity contribution in [1.29, 1.82) is 0 Å². The summed E-state index contributed by atoms with van der Waals surface area (Å²) in [4.78, 5) is 31.9. The molecule has 0 fully saturated rings. The van der Waals surface area contributed by atoms with Crippen LogP contribution in [0.25, 0.3) is 11.0 Å². The Kier molecular flexibility index (Phi) is 4.47. The molecule has 1 N–H and O–H groups in total. The summed E-state index contributed by atoms with van der Waals surface area (Å²) >= 11 is 0. The van der Waals surface area contributed by atoms with Crippen LogP contribution < -0.4 is 5.32 Å². The fourth-order valence-electron chi connectivity index (χ4n) is 1.82. The average molecular weight is 287 g/mol. The summed E-state index contributed by atoms with van der Waals surface area (Å²) in [6.07, 6.45) is 0. The molecule has 0 spiro atoms. The number of nitrogens with one attached hydrogen (secondary N) is 1. The summed E-state index contributed by atoms with van der Waals surface area (Å²) in [6, 6.07) is 4.96. The molecule has 0 unspecified atom stereocenters. The lowest BCUT2D eigenvalue weighted by Crippen LogP contribution is -2.28. The van der Waals surface area contributed by atoms with E-state index in [1.54, 1.807) is 25.1 Å². The highest BCUT2D eigenvalue weighted by Crippen LogP contribution is 2.15. The first kappa shape index (κ1) is 14.9. The van der Waals surface area contributed by atoms with E-state index >= 15 is 0 Å². The number of hydrogen-bond donors (Lipinski definition) is 1. The van der Waals surface area contributed by atoms with E-state index < -0.39 is 5.97 Å². The number of ether oxygens (including phenoxy) is 1. The lowest BCUT2D eigenvalue weighted by Gasteiger charge is -2.06. The number of fused-ring (bicyclic) bond motifs is 1. The van der Waals surface area contributed by atoms with Crippen molar-refractivity contribution in [1.82, 2.24) is 15.3 Å². The largest absolute Gasteiger partial charge is 0.452 e. The van der Waals surface area contributed by atoms with Gasteiger partial charge >= 0.3 is 5.97 Å². The highest BCUT2D eigenvalue weighted by molar-refractivity contribution is 5.94. The molecule has 110 valence electrons. The Morgan fingerprint density at radius 2 is 1.81 bits per heavy atom. The molecular formula is C15H17N3O3. The standard InChI is InChI=1S/C15H17N3O3/c1-4-16-14(19)8-21-15(20)11-5-6-12-13(7-11)18-10(3)9(2)17-12/h5-7H,4,8H2,1-3H3,(H,16,19). The third-order valence-electron chi connectivity index (χ3n) is 3.02. The molecule has 0 aliphatic heterocycles. The lowest BCUT2D eigenvalue weighted by atomic mass is 10.2. The summed E-state index contributed by atoms with van der Waals surface area (Å²) in [6.45, 7) is 5.76. The number of rotatable bonds is 4. The highest BCUT2D eigenvalue weighted by Gasteiger charge is 2.11. The van der Waals surface area contributed by atoms with E-state index in [1.165, 1.54) is 0 Å². The first-order chi connectivity index (χ1) is 10.0. The van der Waals surface area contributed by atoms with Gasteiger partial charge in [0.25, 0.3) is 5.91 Å². The van der Waals surface area contributed by atoms with Crippen molar-refractivity contribution in [2.24, 2.45) is 0 Å². The van der Waals surface area contributed by atoms with Gasteiger partial charge in [0.05, 0.1) is 28.0 Å². The van der Waals surface area contributed by atoms with Crippen LogP contribution in [0, 0.1) is 13.8 Å². The van der Waals surface area contributed by atoms with Gasteiger partial charge in [0.2, 0.25) is 0 Å². The molecule has 0 saturated carbocycles. The molecule has 2 rings (SSSR count). The zero-order chi connectivity index (χ0) is 15.4. The summed E-state index contributed by atoms with van der Waals surface area (Å²) in [5.41, 5.74) is 3.37. The molecule has 0 radical (unpaired) electrons. The number of amides is 1. The van der Waals surface area contributed by atoms with Crippen LogP contribution in [-0.2, 0) is 9.53 Å². The molecule has 0 saturated heterocycles. The third kappa shape index (κ3) is 3.53. The SMILES string of the molecule is CCNC(=O)COC(=O)c1ccc2nc(C)c(C)nc2c1. The summed E-state index contributed by atoms with van der Waals surface area (Å²) in [5, 5.41) is 2.56. The molecule has 1 heterocycles. The predicted octanol–water partition coefficient (Wildman–Crippen LogP) is 1.54. The van der Waals surface area contributed by atoms with Crippen LogP contribution in [0.1, 0.15) is 28.7 Å². The fraction of sp³-hybridized carbons (Fsp3) is 0.333. The Labute approximate surface area is 122 Å². The minimum atomic E-state index is -0.553. The average Bonchev–Trinajstić information content (AvgIpc) is 2.46. The molecule has 1 aromatic carbocycles. The van der Waals surface area contributed by atoms with Crippen LogP contribution in [0.15, 0.2) is 18.2 Å². The maximum absolute atomic E-state index is 11.9. The molecular weight excluding hydrogens is 270 g/mol. The van der Waals surface area contributed by atoms with Crippen LogP contribution in [0.5, 0.6) is 0 Å². The minimum Gasteiger partial charge on any atom is -0.452 e. The lowest BCUT2D eigenvalue weighted by molar-refractivity contribution is -0.124. The molecule has 6 nitrogen and oxygen atoms in total. The van der Waals surface area contributed by atoms with Gasteiger partial charge in [-0.25, -0.2) is 14.8 Å². The minimum absolute atomic E-state index is 0.288. The van der Waals surface area contributed by atoms with Gasteiger partial charge < -0.3 is 10.1 Å². The maximum atomic E-state index is 11.9. The Hall–Kier alpha value is -2.50. The van der Waals surface area contributed by atoms with E-state index in [1.807, 2.05) is 13.8 Å². The Morgan fingerprint density at radius 3 is 2.48 bits per heavy atom. The molecule has 0 atom stereocenters. The summed E-state index contributed by atoms with van der Waals surface area (Å²) in [5.74, 6) is -0.874. The van der Waals surface area contributed by atoms with Crippen LogP contribution in [0.4, 0.5) is 0 Å². The van der Waals surface area contributed by atoms with Gasteiger partial charge in [0, 0.05) is 6.54 Å². The number of esters is 1. The number of likely N-dealkylation sites (N-methyl/N-ethyl adjacent to an activating group) is 1. The number of carbonyl (C=O) groups excluding carboxylic acids is 2. The molecule has 0 aliphatic rings. The molecule has 21 heavy (non-hydrogen) atoms. The number of carbonyl (C=O) groups is 2. The summed E-state index contributed by atoms with van der Waals surface area (Å²) < 4.78 is 4.95. The first-order valence-electron chi connectivity index (χ1n) is 6.70. The van der Waals surface area contributed by atoms with Crippen molar-refractivity contribution in [3.05, 3.63) is 35.2 Å². The van der Waals surface area contributed by atoms with E-state index in [0.717, 1.165) is 16.9 Å². The van der Waals surface area contributed by atoms with Gasteiger partial charge in [-0.05, 0) is 39.0 Å². The van der Waals surface area contributed by atoms with Gasteiger partial charge in [0.1, 0.15) is 0 Å². The van der Waals surface area contributed by atoms with Crippen LogP contribution in [0.3, 0.4) is 0 Å². The van der Waals surface area contributed by atoms with E-state index in [9.17, 15) is 9.59 Å². The van der Waals surface area contributed by atoms with Crippen molar-refractivity contribution in [3.63, 3.8) is 0 Å². The van der Waals surface area contributed by atoms with E-state index in [4.69, 9.17) is 4.74 Å². The molecule has 1 amide bonds. The molecule has 2 aromatic rings. The van der Waals surface area contributed by atoms with E-state index in [-0.39, 0.29) is 12.5 Å². The fourth-order valence-corrected chi connectivity index (χ4v) is 1.82. The molecule has 0 bridgehead atoms. The topological polar surface area (TPSA) is 81.2 Å². The Balaban J connectivity index is 2.16. The Bertz CT molecular complexity index is 698. The highest BCUT2D eigenvalue weighted by atomic mass is 16.5. The number of benzene rings is 1. The predicted molar refractivity (Wildman–Crippen MR) is 78.0 cm³/mol. The van der Waals surface area contributed by atoms with Gasteiger partial charge in [-0.2, -0.15) is 0 Å². The van der Waals surface area contributed by atoms with Gasteiger partial charge in [-0.3, -0.25) is 4.79 Å². The molecule has 0 aliphatic carbocycles. The molecule has 6 heteroatoms. The van der Waals surface area contributed by atoms with Gasteiger partial charge in [0.15, 0.2) is 6.61 Å². The van der Waals surface area contributed by atoms with Crippen molar-refractivity contribution in [3.8, 4) is 0 Å². The monoisotopic (exact) mass is 287 g/mol. The van der Waals surface area contributed by atoms with Crippen molar-refractivity contribution in [2.75, 3.05) is 13.2 Å². The second-order valence-corrected chi connectivity index (χ2v) is 4.63. The Morgan fingerprint density at radius 1 is 1.14 bits per heavy atom. The van der Waals surface area contributed by atoms with Crippen LogP contribution in [0.2, 0.25) is 0 Å². The smallest absolute Gasteiger partial charge is 0.338 e.